The van der Waals surface area contributed by atoms with Gasteiger partial charge in [-0.15, -0.1) is 0 Å². The van der Waals surface area contributed by atoms with Gasteiger partial charge in [-0.3, -0.25) is 0 Å². The summed E-state index contributed by atoms with van der Waals surface area (Å²) in [5.41, 5.74) is 0. The first-order valence-corrected chi connectivity index (χ1v) is 7.72. The minimum absolute atomic E-state index is 0.0797. The Kier molecular flexibility index (Phi) is 5.24. The molecule has 0 aromatic heterocycles. The second-order valence-electron chi connectivity index (χ2n) is 4.19. The normalized spacial score (nSPS) is 13.9. The fourth-order valence-electron chi connectivity index (χ4n) is 1.19. The molecule has 1 unspecified atom stereocenters. The van der Waals surface area contributed by atoms with Gasteiger partial charge in [0.15, 0.2) is 0 Å². The molecule has 0 saturated heterocycles. The molecule has 102 valence electrons. The molecule has 0 fully saturated rings. The number of hydrogen-bond acceptors (Lipinski definition) is 2. The van der Waals surface area contributed by atoms with Gasteiger partial charge in [-0.1, -0.05) is 29.8 Å². The van der Waals surface area contributed by atoms with Crippen LogP contribution in [0.3, 0.4) is 0 Å². The Bertz CT molecular complexity index is 520. The highest BCUT2D eigenvalue weighted by Gasteiger charge is 2.21. The van der Waals surface area contributed by atoms with Gasteiger partial charge in [0.2, 0.25) is 10.0 Å². The van der Waals surface area contributed by atoms with Crippen molar-refractivity contribution in [3.63, 3.8) is 0 Å². The molecule has 18 heavy (non-hydrogen) atoms. The standard InChI is InChI=1S/C11H14BrF2NO2S/c1-7(2)9(12)6-15-18(16,17)11-5-8(13)3-4-10(11)14/h3-5,7,9,15H,6H2,1-2H3. The maximum atomic E-state index is 13.4. The van der Waals surface area contributed by atoms with Gasteiger partial charge >= 0.3 is 0 Å². The van der Waals surface area contributed by atoms with E-state index in [0.29, 0.717) is 6.07 Å². The Balaban J connectivity index is 2.90. The Hall–Kier alpha value is -0.530. The number of halogens is 3. The Labute approximate surface area is 114 Å². The van der Waals surface area contributed by atoms with E-state index < -0.39 is 26.6 Å². The van der Waals surface area contributed by atoms with Gasteiger partial charge in [0, 0.05) is 11.4 Å². The number of rotatable bonds is 5. The lowest BCUT2D eigenvalue weighted by atomic mass is 10.1. The van der Waals surface area contributed by atoms with Crippen molar-refractivity contribution in [2.24, 2.45) is 5.92 Å². The molecule has 1 aromatic carbocycles. The predicted molar refractivity (Wildman–Crippen MR) is 69.1 cm³/mol. The lowest BCUT2D eigenvalue weighted by molar-refractivity contribution is 0.539. The van der Waals surface area contributed by atoms with Crippen molar-refractivity contribution in [2.45, 2.75) is 23.6 Å². The van der Waals surface area contributed by atoms with Crippen molar-refractivity contribution in [1.82, 2.24) is 4.72 Å². The van der Waals surface area contributed by atoms with E-state index in [4.69, 9.17) is 0 Å². The van der Waals surface area contributed by atoms with Crippen LogP contribution in [0.2, 0.25) is 0 Å². The third-order valence-corrected chi connectivity index (χ3v) is 5.19. The summed E-state index contributed by atoms with van der Waals surface area (Å²) in [7, 11) is -4.04. The quantitative estimate of drug-likeness (QED) is 0.837. The SMILES string of the molecule is CC(C)C(Br)CNS(=O)(=O)c1cc(F)ccc1F. The summed E-state index contributed by atoms with van der Waals surface area (Å²) in [5, 5.41) is 0. The second kappa shape index (κ2) is 6.08. The van der Waals surface area contributed by atoms with Crippen LogP contribution in [0.4, 0.5) is 8.78 Å². The number of alkyl halides is 1. The van der Waals surface area contributed by atoms with E-state index in [9.17, 15) is 17.2 Å². The largest absolute Gasteiger partial charge is 0.243 e. The van der Waals surface area contributed by atoms with E-state index in [-0.39, 0.29) is 17.3 Å². The third-order valence-electron chi connectivity index (χ3n) is 2.37. The van der Waals surface area contributed by atoms with Crippen molar-refractivity contribution < 1.29 is 17.2 Å². The van der Waals surface area contributed by atoms with E-state index in [0.717, 1.165) is 12.1 Å². The van der Waals surface area contributed by atoms with Crippen LogP contribution in [-0.2, 0) is 10.0 Å². The summed E-state index contributed by atoms with van der Waals surface area (Å²) in [5.74, 6) is -1.55. The molecular weight excluding hydrogens is 328 g/mol. The zero-order chi connectivity index (χ0) is 13.9. The van der Waals surface area contributed by atoms with Gasteiger partial charge in [0.05, 0.1) is 0 Å². The molecule has 0 aliphatic carbocycles. The van der Waals surface area contributed by atoms with E-state index in [1.807, 2.05) is 13.8 Å². The molecule has 0 bridgehead atoms. The smallest absolute Gasteiger partial charge is 0.210 e. The number of hydrogen-bond donors (Lipinski definition) is 1. The van der Waals surface area contributed by atoms with Crippen molar-refractivity contribution in [1.29, 1.82) is 0 Å². The molecule has 0 aliphatic heterocycles. The van der Waals surface area contributed by atoms with Crippen LogP contribution in [0, 0.1) is 17.6 Å². The van der Waals surface area contributed by atoms with Gasteiger partial charge in [0.25, 0.3) is 0 Å². The molecular formula is C11H14BrF2NO2S. The molecule has 3 nitrogen and oxygen atoms in total. The third kappa shape index (κ3) is 4.00. The fraction of sp³-hybridized carbons (Fsp3) is 0.455. The predicted octanol–water partition coefficient (Wildman–Crippen LogP) is 2.66. The van der Waals surface area contributed by atoms with Crippen molar-refractivity contribution in [3.8, 4) is 0 Å². The lowest BCUT2D eigenvalue weighted by Gasteiger charge is -2.14. The molecule has 7 heteroatoms. The summed E-state index contributed by atoms with van der Waals surface area (Å²) in [4.78, 5) is -0.755. The van der Waals surface area contributed by atoms with Crippen LogP contribution in [0.5, 0.6) is 0 Å². The van der Waals surface area contributed by atoms with Crippen LogP contribution in [0.15, 0.2) is 23.1 Å². The maximum absolute atomic E-state index is 13.4. The molecule has 0 heterocycles. The summed E-state index contributed by atoms with van der Waals surface area (Å²) in [6.07, 6.45) is 0. The van der Waals surface area contributed by atoms with Crippen molar-refractivity contribution >= 4 is 26.0 Å². The zero-order valence-electron chi connectivity index (χ0n) is 9.95. The van der Waals surface area contributed by atoms with Gasteiger partial charge in [0.1, 0.15) is 16.5 Å². The van der Waals surface area contributed by atoms with E-state index in [2.05, 4.69) is 20.7 Å². The lowest BCUT2D eigenvalue weighted by Crippen LogP contribution is -2.32. The van der Waals surface area contributed by atoms with E-state index in [1.54, 1.807) is 0 Å². The monoisotopic (exact) mass is 341 g/mol. The van der Waals surface area contributed by atoms with Gasteiger partial charge in [-0.2, -0.15) is 0 Å². The second-order valence-corrected chi connectivity index (χ2v) is 7.10. The summed E-state index contributed by atoms with van der Waals surface area (Å²) in [6.45, 7) is 3.93. The van der Waals surface area contributed by atoms with E-state index >= 15 is 0 Å². The minimum Gasteiger partial charge on any atom is -0.210 e. The molecule has 0 amide bonds. The van der Waals surface area contributed by atoms with Crippen molar-refractivity contribution in [3.05, 3.63) is 29.8 Å². The number of nitrogens with one attached hydrogen (secondary N) is 1. The number of sulfonamides is 1. The molecule has 0 aliphatic rings. The minimum atomic E-state index is -4.04. The molecule has 1 aromatic rings. The van der Waals surface area contributed by atoms with E-state index in [1.165, 1.54) is 0 Å². The first-order valence-electron chi connectivity index (χ1n) is 5.33. The van der Waals surface area contributed by atoms with Crippen molar-refractivity contribution in [2.75, 3.05) is 6.54 Å². The highest BCUT2D eigenvalue weighted by Crippen LogP contribution is 2.17. The first kappa shape index (κ1) is 15.5. The molecule has 0 radical (unpaired) electrons. The first-order chi connectivity index (χ1) is 8.24. The van der Waals surface area contributed by atoms with Crippen LogP contribution < -0.4 is 4.72 Å². The summed E-state index contributed by atoms with van der Waals surface area (Å²) >= 11 is 3.31. The Morgan fingerprint density at radius 3 is 2.50 bits per heavy atom. The molecule has 0 saturated carbocycles. The van der Waals surface area contributed by atoms with Crippen LogP contribution in [0.25, 0.3) is 0 Å². The van der Waals surface area contributed by atoms with Gasteiger partial charge in [-0.05, 0) is 24.1 Å². The fourth-order valence-corrected chi connectivity index (χ4v) is 2.71. The topological polar surface area (TPSA) is 46.2 Å². The average molecular weight is 342 g/mol. The van der Waals surface area contributed by atoms with Gasteiger partial charge in [-0.25, -0.2) is 21.9 Å². The van der Waals surface area contributed by atoms with Crippen LogP contribution >= 0.6 is 15.9 Å². The summed E-state index contributed by atoms with van der Waals surface area (Å²) in [6, 6.07) is 2.32. The van der Waals surface area contributed by atoms with Gasteiger partial charge < -0.3 is 0 Å². The Morgan fingerprint density at radius 2 is 1.94 bits per heavy atom. The Morgan fingerprint density at radius 1 is 1.33 bits per heavy atom. The molecule has 1 rings (SSSR count). The summed E-state index contributed by atoms with van der Waals surface area (Å²) < 4.78 is 52.1. The molecule has 1 atom stereocenters. The highest BCUT2D eigenvalue weighted by atomic mass is 79.9. The average Bonchev–Trinajstić information content (AvgIpc) is 2.29. The molecule has 1 N–H and O–H groups in total. The number of benzene rings is 1. The van der Waals surface area contributed by atoms with Crippen LogP contribution in [-0.4, -0.2) is 19.8 Å². The highest BCUT2D eigenvalue weighted by molar-refractivity contribution is 9.09. The van der Waals surface area contributed by atoms with Crippen LogP contribution in [0.1, 0.15) is 13.8 Å². The maximum Gasteiger partial charge on any atom is 0.243 e. The molecule has 0 spiro atoms. The zero-order valence-corrected chi connectivity index (χ0v) is 12.4.